The highest BCUT2D eigenvalue weighted by Crippen LogP contribution is 2.24. The number of aromatic nitrogens is 1. The van der Waals surface area contributed by atoms with E-state index in [9.17, 15) is 9.59 Å². The van der Waals surface area contributed by atoms with Crippen molar-refractivity contribution in [3.05, 3.63) is 71.9 Å². The zero-order valence-corrected chi connectivity index (χ0v) is 16.6. The van der Waals surface area contributed by atoms with Crippen LogP contribution in [0.2, 0.25) is 0 Å². The number of nitrogens with zero attached hydrogens (tertiary/aromatic N) is 1. The highest BCUT2D eigenvalue weighted by atomic mass is 16.2. The van der Waals surface area contributed by atoms with E-state index in [0.717, 1.165) is 16.5 Å². The van der Waals surface area contributed by atoms with E-state index in [4.69, 9.17) is 0 Å². The van der Waals surface area contributed by atoms with Crippen molar-refractivity contribution in [2.24, 2.45) is 0 Å². The number of hydrogen-bond donors (Lipinski definition) is 2. The highest BCUT2D eigenvalue weighted by Gasteiger charge is 2.18. The molecule has 1 atom stereocenters. The molecule has 5 heteroatoms. The molecule has 144 valence electrons. The average Bonchev–Trinajstić information content (AvgIpc) is 2.67. The molecule has 0 fully saturated rings. The van der Waals surface area contributed by atoms with Crippen molar-refractivity contribution >= 4 is 28.4 Å². The Balaban J connectivity index is 1.63. The van der Waals surface area contributed by atoms with Gasteiger partial charge in [-0.15, -0.1) is 0 Å². The minimum absolute atomic E-state index is 0.0682. The largest absolute Gasteiger partial charge is 0.341 e. The molecule has 28 heavy (non-hydrogen) atoms. The Morgan fingerprint density at radius 3 is 2.32 bits per heavy atom. The number of carbonyl (C=O) groups is 2. The van der Waals surface area contributed by atoms with E-state index in [0.29, 0.717) is 5.69 Å². The third kappa shape index (κ3) is 4.55. The van der Waals surface area contributed by atoms with Gasteiger partial charge in [-0.2, -0.15) is 0 Å². The second-order valence-electron chi connectivity index (χ2n) is 7.94. The Labute approximate surface area is 165 Å². The van der Waals surface area contributed by atoms with Crippen LogP contribution in [0.3, 0.4) is 0 Å². The lowest BCUT2D eigenvalue weighted by molar-refractivity contribution is -0.136. The number of rotatable bonds is 3. The Morgan fingerprint density at radius 2 is 1.64 bits per heavy atom. The van der Waals surface area contributed by atoms with E-state index >= 15 is 0 Å². The Hall–Kier alpha value is -3.21. The minimum atomic E-state index is -0.713. The molecule has 0 bridgehead atoms. The summed E-state index contributed by atoms with van der Waals surface area (Å²) in [4.78, 5) is 28.8. The normalized spacial score (nSPS) is 12.4. The molecule has 0 saturated heterocycles. The fourth-order valence-electron chi connectivity index (χ4n) is 2.94. The van der Waals surface area contributed by atoms with Gasteiger partial charge in [-0.3, -0.25) is 14.6 Å². The third-order valence-electron chi connectivity index (χ3n) is 4.68. The van der Waals surface area contributed by atoms with E-state index in [1.165, 1.54) is 5.56 Å². The lowest BCUT2D eigenvalue weighted by Gasteiger charge is -2.20. The molecule has 0 saturated carbocycles. The standard InChI is InChI=1S/C23H25N3O2/c1-15(16-9-11-18(12-10-16)23(2,3)4)25-21(27)22(28)26-19-13-17-7-5-6-8-20(17)24-14-19/h5-15H,1-4H3,(H,25,27)(H,26,28)/t15-/m1/s1. The number of anilines is 1. The average molecular weight is 375 g/mol. The molecule has 3 rings (SSSR count). The predicted octanol–water partition coefficient (Wildman–Crippen LogP) is 4.35. The van der Waals surface area contributed by atoms with E-state index in [2.05, 4.69) is 48.5 Å². The molecule has 0 aliphatic rings. The van der Waals surface area contributed by atoms with Crippen molar-refractivity contribution in [2.45, 2.75) is 39.2 Å². The van der Waals surface area contributed by atoms with E-state index in [1.54, 1.807) is 12.3 Å². The van der Waals surface area contributed by atoms with Gasteiger partial charge in [0.1, 0.15) is 0 Å². The van der Waals surface area contributed by atoms with Gasteiger partial charge in [-0.25, -0.2) is 0 Å². The number of nitrogens with one attached hydrogen (secondary N) is 2. The first-order chi connectivity index (χ1) is 13.2. The first kappa shape index (κ1) is 19.5. The summed E-state index contributed by atoms with van der Waals surface area (Å²) < 4.78 is 0. The molecule has 1 aromatic heterocycles. The van der Waals surface area contributed by atoms with Crippen LogP contribution in [0.4, 0.5) is 5.69 Å². The molecule has 2 N–H and O–H groups in total. The molecule has 5 nitrogen and oxygen atoms in total. The van der Waals surface area contributed by atoms with E-state index in [1.807, 2.05) is 43.3 Å². The first-order valence-corrected chi connectivity index (χ1v) is 9.31. The summed E-state index contributed by atoms with van der Waals surface area (Å²) in [6.07, 6.45) is 1.54. The maximum atomic E-state index is 12.3. The van der Waals surface area contributed by atoms with Crippen molar-refractivity contribution in [1.29, 1.82) is 0 Å². The number of hydrogen-bond acceptors (Lipinski definition) is 3. The van der Waals surface area contributed by atoms with Crippen LogP contribution in [-0.4, -0.2) is 16.8 Å². The van der Waals surface area contributed by atoms with Crippen LogP contribution in [0.15, 0.2) is 60.8 Å². The summed E-state index contributed by atoms with van der Waals surface area (Å²) in [6, 6.07) is 17.2. The molecule has 0 radical (unpaired) electrons. The monoisotopic (exact) mass is 375 g/mol. The van der Waals surface area contributed by atoms with Crippen molar-refractivity contribution in [2.75, 3.05) is 5.32 Å². The molecule has 2 aromatic carbocycles. The van der Waals surface area contributed by atoms with Gasteiger partial charge in [0.2, 0.25) is 0 Å². The minimum Gasteiger partial charge on any atom is -0.341 e. The molecule has 1 heterocycles. The van der Waals surface area contributed by atoms with Gasteiger partial charge in [0.25, 0.3) is 0 Å². The zero-order valence-electron chi connectivity index (χ0n) is 16.6. The summed E-state index contributed by atoms with van der Waals surface area (Å²) in [5.41, 5.74) is 3.55. The van der Waals surface area contributed by atoms with Crippen LogP contribution in [0.1, 0.15) is 44.9 Å². The molecular formula is C23H25N3O2. The maximum Gasteiger partial charge on any atom is 0.313 e. The van der Waals surface area contributed by atoms with Crippen molar-refractivity contribution in [3.8, 4) is 0 Å². The molecule has 0 unspecified atom stereocenters. The molecule has 0 aliphatic heterocycles. The smallest absolute Gasteiger partial charge is 0.313 e. The van der Waals surface area contributed by atoms with Crippen molar-refractivity contribution < 1.29 is 9.59 Å². The topological polar surface area (TPSA) is 71.1 Å². The highest BCUT2D eigenvalue weighted by molar-refractivity contribution is 6.39. The van der Waals surface area contributed by atoms with Crippen molar-refractivity contribution in [3.63, 3.8) is 0 Å². The summed E-state index contributed by atoms with van der Waals surface area (Å²) in [7, 11) is 0. The number of fused-ring (bicyclic) bond motifs is 1. The fourth-order valence-corrected chi connectivity index (χ4v) is 2.94. The quantitative estimate of drug-likeness (QED) is 0.669. The number of pyridine rings is 1. The number of carbonyl (C=O) groups excluding carboxylic acids is 2. The van der Waals surface area contributed by atoms with E-state index in [-0.39, 0.29) is 11.5 Å². The van der Waals surface area contributed by atoms with Gasteiger partial charge in [0.15, 0.2) is 0 Å². The van der Waals surface area contributed by atoms with Crippen LogP contribution >= 0.6 is 0 Å². The predicted molar refractivity (Wildman–Crippen MR) is 112 cm³/mol. The van der Waals surface area contributed by atoms with Crippen molar-refractivity contribution in [1.82, 2.24) is 10.3 Å². The number of amides is 2. The number of para-hydroxylation sites is 1. The van der Waals surface area contributed by atoms with Crippen LogP contribution in [0.25, 0.3) is 10.9 Å². The van der Waals surface area contributed by atoms with Crippen LogP contribution < -0.4 is 10.6 Å². The Bertz CT molecular complexity index is 1000. The van der Waals surface area contributed by atoms with Gasteiger partial charge in [0.05, 0.1) is 23.4 Å². The summed E-state index contributed by atoms with van der Waals surface area (Å²) >= 11 is 0. The summed E-state index contributed by atoms with van der Waals surface area (Å²) in [5, 5.41) is 6.24. The third-order valence-corrected chi connectivity index (χ3v) is 4.68. The van der Waals surface area contributed by atoms with Crippen LogP contribution in [0, 0.1) is 0 Å². The van der Waals surface area contributed by atoms with Gasteiger partial charge in [0, 0.05) is 5.39 Å². The Kier molecular flexibility index (Phi) is 5.45. The van der Waals surface area contributed by atoms with Gasteiger partial charge < -0.3 is 10.6 Å². The molecule has 3 aromatic rings. The lowest BCUT2D eigenvalue weighted by Crippen LogP contribution is -2.36. The number of benzene rings is 2. The van der Waals surface area contributed by atoms with E-state index < -0.39 is 11.8 Å². The molecular weight excluding hydrogens is 350 g/mol. The first-order valence-electron chi connectivity index (χ1n) is 9.31. The molecule has 2 amide bonds. The molecule has 0 aliphatic carbocycles. The second kappa shape index (κ2) is 7.80. The van der Waals surface area contributed by atoms with Gasteiger partial charge in [-0.1, -0.05) is 63.2 Å². The molecule has 0 spiro atoms. The maximum absolute atomic E-state index is 12.3. The Morgan fingerprint density at radius 1 is 0.964 bits per heavy atom. The fraction of sp³-hybridized carbons (Fsp3) is 0.261. The van der Waals surface area contributed by atoms with Crippen LogP contribution in [0.5, 0.6) is 0 Å². The SMILES string of the molecule is C[C@@H](NC(=O)C(=O)Nc1cnc2ccccc2c1)c1ccc(C(C)(C)C)cc1. The van der Waals surface area contributed by atoms with Gasteiger partial charge >= 0.3 is 11.8 Å². The summed E-state index contributed by atoms with van der Waals surface area (Å²) in [5.74, 6) is -1.39. The zero-order chi connectivity index (χ0) is 20.3. The lowest BCUT2D eigenvalue weighted by atomic mass is 9.86. The second-order valence-corrected chi connectivity index (χ2v) is 7.94. The summed E-state index contributed by atoms with van der Waals surface area (Å²) in [6.45, 7) is 8.31. The van der Waals surface area contributed by atoms with Gasteiger partial charge in [-0.05, 0) is 35.6 Å². The van der Waals surface area contributed by atoms with Crippen LogP contribution in [-0.2, 0) is 15.0 Å².